The predicted octanol–water partition coefficient (Wildman–Crippen LogP) is 10.5. The minimum Gasteiger partial charge on any atom is -0.507 e. The summed E-state index contributed by atoms with van der Waals surface area (Å²) in [7, 11) is 0. The molecule has 0 radical (unpaired) electrons. The fraction of sp³-hybridized carbons (Fsp3) is 0.244. The fourth-order valence-corrected chi connectivity index (χ4v) is 5.93. The standard InChI is InChI=1S/C41H43NO2/c1-39(2,3)34-23-16-17-28(37(34)43)27-42-36-24-15-14-22-32(36)33-25-31(40(4,5)29-18-10-8-11-19-29)26-35(38(33)44)41(6,7)30-20-12-9-13-21-30/h8-27,43-44H,1-7H3. The Morgan fingerprint density at radius 2 is 1.07 bits per heavy atom. The van der Waals surface area contributed by atoms with Gasteiger partial charge < -0.3 is 10.2 Å². The summed E-state index contributed by atoms with van der Waals surface area (Å²) in [6, 6.07) is 38.8. The number of hydrogen-bond donors (Lipinski definition) is 2. The molecule has 0 atom stereocenters. The maximum absolute atomic E-state index is 12.1. The number of aromatic hydroxyl groups is 2. The van der Waals surface area contributed by atoms with Crippen molar-refractivity contribution in [2.75, 3.05) is 0 Å². The summed E-state index contributed by atoms with van der Waals surface area (Å²) in [4.78, 5) is 4.88. The van der Waals surface area contributed by atoms with Gasteiger partial charge in [0.25, 0.3) is 0 Å². The number of nitrogens with zero attached hydrogens (tertiary/aromatic N) is 1. The summed E-state index contributed by atoms with van der Waals surface area (Å²) >= 11 is 0. The first kappa shape index (κ1) is 30.8. The van der Waals surface area contributed by atoms with Crippen LogP contribution in [0.4, 0.5) is 5.69 Å². The van der Waals surface area contributed by atoms with Gasteiger partial charge in [-0.25, -0.2) is 0 Å². The molecular weight excluding hydrogens is 538 g/mol. The summed E-state index contributed by atoms with van der Waals surface area (Å²) < 4.78 is 0. The molecule has 5 aromatic rings. The molecule has 0 bridgehead atoms. The molecule has 0 saturated carbocycles. The van der Waals surface area contributed by atoms with Crippen molar-refractivity contribution in [3.05, 3.63) is 149 Å². The molecule has 3 nitrogen and oxygen atoms in total. The van der Waals surface area contributed by atoms with E-state index >= 15 is 0 Å². The quantitative estimate of drug-likeness (QED) is 0.188. The van der Waals surface area contributed by atoms with Crippen molar-refractivity contribution >= 4 is 11.9 Å². The minimum absolute atomic E-state index is 0.203. The third-order valence-electron chi connectivity index (χ3n) is 8.91. The molecule has 5 aromatic carbocycles. The zero-order valence-electron chi connectivity index (χ0n) is 26.9. The van der Waals surface area contributed by atoms with E-state index in [1.807, 2.05) is 66.7 Å². The second-order valence-electron chi connectivity index (χ2n) is 13.7. The molecule has 0 aliphatic carbocycles. The maximum Gasteiger partial charge on any atom is 0.128 e. The molecular formula is C41H43NO2. The number of rotatable bonds is 7. The van der Waals surface area contributed by atoms with E-state index in [2.05, 4.69) is 97.0 Å². The van der Waals surface area contributed by atoms with E-state index in [4.69, 9.17) is 4.99 Å². The Hall–Kier alpha value is -4.63. The molecule has 0 aliphatic heterocycles. The summed E-state index contributed by atoms with van der Waals surface area (Å²) in [5.74, 6) is 0.481. The Kier molecular flexibility index (Phi) is 8.27. The molecule has 44 heavy (non-hydrogen) atoms. The topological polar surface area (TPSA) is 52.8 Å². The molecule has 5 rings (SSSR count). The van der Waals surface area contributed by atoms with Crippen molar-refractivity contribution in [3.8, 4) is 22.6 Å². The lowest BCUT2D eigenvalue weighted by atomic mass is 9.71. The summed E-state index contributed by atoms with van der Waals surface area (Å²) in [5, 5.41) is 23.2. The molecule has 224 valence electrons. The monoisotopic (exact) mass is 581 g/mol. The van der Waals surface area contributed by atoms with Crippen molar-refractivity contribution < 1.29 is 10.2 Å². The van der Waals surface area contributed by atoms with Crippen LogP contribution in [0.5, 0.6) is 11.5 Å². The largest absolute Gasteiger partial charge is 0.507 e. The molecule has 0 amide bonds. The van der Waals surface area contributed by atoms with Gasteiger partial charge in [0.2, 0.25) is 0 Å². The smallest absolute Gasteiger partial charge is 0.128 e. The molecule has 0 fully saturated rings. The molecule has 0 spiro atoms. The number of hydrogen-bond acceptors (Lipinski definition) is 3. The highest BCUT2D eigenvalue weighted by Crippen LogP contribution is 2.47. The van der Waals surface area contributed by atoms with Crippen LogP contribution >= 0.6 is 0 Å². The Morgan fingerprint density at radius 3 is 1.68 bits per heavy atom. The van der Waals surface area contributed by atoms with Crippen molar-refractivity contribution in [1.29, 1.82) is 0 Å². The van der Waals surface area contributed by atoms with Crippen LogP contribution < -0.4 is 0 Å². The molecule has 3 heteroatoms. The van der Waals surface area contributed by atoms with E-state index < -0.39 is 5.41 Å². The Bertz CT molecular complexity index is 1790. The molecule has 0 aliphatic rings. The Balaban J connectivity index is 1.71. The molecule has 0 unspecified atom stereocenters. The van der Waals surface area contributed by atoms with Crippen molar-refractivity contribution in [2.24, 2.45) is 4.99 Å². The van der Waals surface area contributed by atoms with E-state index in [1.54, 1.807) is 6.21 Å². The van der Waals surface area contributed by atoms with Crippen LogP contribution in [0.15, 0.2) is 120 Å². The van der Waals surface area contributed by atoms with Crippen molar-refractivity contribution in [2.45, 2.75) is 64.7 Å². The van der Waals surface area contributed by atoms with Gasteiger partial charge >= 0.3 is 0 Å². The molecule has 0 heterocycles. The van der Waals surface area contributed by atoms with Gasteiger partial charge in [-0.15, -0.1) is 0 Å². The van der Waals surface area contributed by atoms with Gasteiger partial charge in [0, 0.05) is 39.3 Å². The van der Waals surface area contributed by atoms with Crippen LogP contribution in [0.2, 0.25) is 0 Å². The summed E-state index contributed by atoms with van der Waals surface area (Å²) in [6.45, 7) is 15.0. The third kappa shape index (κ3) is 5.92. The van der Waals surface area contributed by atoms with Crippen LogP contribution in [-0.2, 0) is 16.2 Å². The first-order chi connectivity index (χ1) is 20.8. The highest BCUT2D eigenvalue weighted by molar-refractivity contribution is 5.90. The van der Waals surface area contributed by atoms with Gasteiger partial charge in [0.15, 0.2) is 0 Å². The van der Waals surface area contributed by atoms with E-state index in [1.165, 1.54) is 5.56 Å². The predicted molar refractivity (Wildman–Crippen MR) is 185 cm³/mol. The van der Waals surface area contributed by atoms with E-state index in [9.17, 15) is 10.2 Å². The van der Waals surface area contributed by atoms with Gasteiger partial charge in [-0.3, -0.25) is 4.99 Å². The van der Waals surface area contributed by atoms with Crippen molar-refractivity contribution in [1.82, 2.24) is 0 Å². The zero-order valence-corrected chi connectivity index (χ0v) is 26.9. The highest BCUT2D eigenvalue weighted by atomic mass is 16.3. The summed E-state index contributed by atoms with van der Waals surface area (Å²) in [5.41, 5.74) is 7.05. The lowest BCUT2D eigenvalue weighted by molar-refractivity contribution is 0.446. The van der Waals surface area contributed by atoms with Gasteiger partial charge in [0.1, 0.15) is 11.5 Å². The number of benzene rings is 5. The zero-order chi connectivity index (χ0) is 31.7. The first-order valence-electron chi connectivity index (χ1n) is 15.3. The van der Waals surface area contributed by atoms with Crippen LogP contribution in [0, 0.1) is 0 Å². The SMILES string of the molecule is CC(C)(C)c1cccc(C=Nc2ccccc2-c2cc(C(C)(C)c3ccccc3)cc(C(C)(C)c3ccccc3)c2O)c1O. The van der Waals surface area contributed by atoms with Gasteiger partial charge in [-0.05, 0) is 45.9 Å². The number of phenolic OH excluding ortho intramolecular Hbond substituents is 2. The van der Waals surface area contributed by atoms with Crippen LogP contribution in [-0.4, -0.2) is 16.4 Å². The van der Waals surface area contributed by atoms with Gasteiger partial charge in [0.05, 0.1) is 5.69 Å². The Morgan fingerprint density at radius 1 is 0.500 bits per heavy atom. The number of para-hydroxylation sites is 2. The molecule has 0 aromatic heterocycles. The normalized spacial score (nSPS) is 12.5. The van der Waals surface area contributed by atoms with Gasteiger partial charge in [-0.2, -0.15) is 0 Å². The highest BCUT2D eigenvalue weighted by Gasteiger charge is 2.32. The molecule has 2 N–H and O–H groups in total. The lowest BCUT2D eigenvalue weighted by Crippen LogP contribution is -2.23. The second-order valence-corrected chi connectivity index (χ2v) is 13.7. The fourth-order valence-electron chi connectivity index (χ4n) is 5.93. The second kappa shape index (κ2) is 11.8. The third-order valence-corrected chi connectivity index (χ3v) is 8.91. The Labute approximate surface area is 262 Å². The van der Waals surface area contributed by atoms with Crippen LogP contribution in [0.3, 0.4) is 0 Å². The minimum atomic E-state index is -0.472. The molecule has 0 saturated heterocycles. The number of phenols is 2. The van der Waals surface area contributed by atoms with Crippen LogP contribution in [0.1, 0.15) is 81.8 Å². The average molecular weight is 582 g/mol. The van der Waals surface area contributed by atoms with Crippen LogP contribution in [0.25, 0.3) is 11.1 Å². The summed E-state index contributed by atoms with van der Waals surface area (Å²) in [6.07, 6.45) is 1.72. The van der Waals surface area contributed by atoms with E-state index in [0.717, 1.165) is 33.4 Å². The van der Waals surface area contributed by atoms with Gasteiger partial charge in [-0.1, -0.05) is 146 Å². The maximum atomic E-state index is 12.1. The lowest BCUT2D eigenvalue weighted by Gasteiger charge is -2.32. The van der Waals surface area contributed by atoms with E-state index in [-0.39, 0.29) is 22.3 Å². The first-order valence-corrected chi connectivity index (χ1v) is 15.3. The average Bonchev–Trinajstić information content (AvgIpc) is 3.01. The number of aliphatic imine (C=N–C) groups is 1. The van der Waals surface area contributed by atoms with Crippen molar-refractivity contribution in [3.63, 3.8) is 0 Å². The van der Waals surface area contributed by atoms with E-state index in [0.29, 0.717) is 11.3 Å².